The summed E-state index contributed by atoms with van der Waals surface area (Å²) in [6.07, 6.45) is 8.24. The molecule has 10 saturated heterocycles. The molecule has 0 N–H and O–H groups in total. The Labute approximate surface area is 767 Å². The molecule has 44 nitrogen and oxygen atoms in total. The van der Waals surface area contributed by atoms with Crippen LogP contribution >= 0.6 is 11.8 Å². The number of hydrogen-bond acceptors (Lipinski definition) is 25. The lowest BCUT2D eigenvalue weighted by Gasteiger charge is -2.33. The number of piperazine rings is 2. The molecule has 126 heavy (non-hydrogen) atoms. The van der Waals surface area contributed by atoms with Crippen molar-refractivity contribution in [1.29, 1.82) is 0 Å². The van der Waals surface area contributed by atoms with Gasteiger partial charge in [0.05, 0.1) is 24.7 Å². The summed E-state index contributed by atoms with van der Waals surface area (Å²) in [5.41, 5.74) is 0. The molecule has 10 rings (SSSR count). The maximum absolute atomic E-state index is 11.8. The first kappa shape index (κ1) is 121. The van der Waals surface area contributed by atoms with E-state index < -0.39 is 81.3 Å². The van der Waals surface area contributed by atoms with Crippen molar-refractivity contribution in [3.63, 3.8) is 0 Å². The van der Waals surface area contributed by atoms with E-state index in [0.717, 1.165) is 165 Å². The normalized spacial score (nSPS) is 21.5. The second-order valence-corrected chi connectivity index (χ2v) is 52.7. The quantitative estimate of drug-likeness (QED) is 0.181. The highest BCUT2D eigenvalue weighted by Crippen LogP contribution is 2.22. The van der Waals surface area contributed by atoms with Gasteiger partial charge in [0.25, 0.3) is 71.5 Å². The minimum atomic E-state index is -3.45. The number of thioether (sulfide) groups is 1. The zero-order valence-electron chi connectivity index (χ0n) is 80.9. The lowest BCUT2D eigenvalue weighted by molar-refractivity contribution is 0.0710. The minimum Gasteiger partial charge on any atom is -0.379 e. The third-order valence-electron chi connectivity index (χ3n) is 21.7. The van der Waals surface area contributed by atoms with Gasteiger partial charge in [0.15, 0.2) is 9.84 Å². The number of urea groups is 3. The van der Waals surface area contributed by atoms with Crippen LogP contribution in [0.5, 0.6) is 0 Å². The maximum atomic E-state index is 11.8. The van der Waals surface area contributed by atoms with Gasteiger partial charge in [-0.2, -0.15) is 131 Å². The fraction of sp³-hybridized carbons (Fsp3) is 0.959. The second kappa shape index (κ2) is 57.7. The van der Waals surface area contributed by atoms with Gasteiger partial charge in [-0.05, 0) is 104 Å². The van der Waals surface area contributed by atoms with Crippen LogP contribution in [-0.2, 0) is 86.0 Å². The lowest BCUT2D eigenvalue weighted by atomic mass is 10.00. The van der Waals surface area contributed by atoms with E-state index in [2.05, 4.69) is 47.5 Å². The van der Waals surface area contributed by atoms with Gasteiger partial charge in [0.1, 0.15) is 0 Å². The number of sulfone groups is 1. The van der Waals surface area contributed by atoms with Crippen molar-refractivity contribution in [1.82, 2.24) is 109 Å². The Hall–Kier alpha value is -3.00. The highest BCUT2D eigenvalue weighted by molar-refractivity contribution is 7.99. The topological polar surface area (TPSA) is 411 Å². The molecule has 10 heterocycles. The molecular formula is C73H164N24O20S9. The predicted octanol–water partition coefficient (Wildman–Crippen LogP) is -2.01. The highest BCUT2D eigenvalue weighted by atomic mass is 32.2. The number of morpholine rings is 1. The molecule has 10 fully saturated rings. The van der Waals surface area contributed by atoms with Crippen molar-refractivity contribution in [3.8, 4) is 0 Å². The summed E-state index contributed by atoms with van der Waals surface area (Å²) in [5.74, 6) is 3.10. The number of nitrogens with zero attached hydrogens (tertiary/aromatic N) is 24. The molecule has 0 aliphatic carbocycles. The summed E-state index contributed by atoms with van der Waals surface area (Å²) in [4.78, 5) is 53.9. The average molecular weight is 1990 g/mol. The van der Waals surface area contributed by atoms with E-state index in [0.29, 0.717) is 97.7 Å². The molecule has 0 radical (unpaired) electrons. The molecule has 0 bridgehead atoms. The zero-order valence-corrected chi connectivity index (χ0v) is 88.3. The number of carbonyl (C=O) groups is 3. The number of rotatable bonds is 14. The standard InChI is InChI=1S/C9H19N3O.C9H18N2O.C8H19N3O2S.C8H17N3O.C8H18N2O2S.C7H17N3O2S.C6H14N2O4S2.C6H14N2O3S.C6H14N2O2S2.C6H14N2O2S/c1-10(2)9(13)12-6-4-5-11(3)7-8-12;1-8-4-6-11(7-5-8)9(12)10(2)3;1-9(2)14(12,13)11-6-4-5-10(3)7-8-11;1-9(2)8(12)11-6-4-10(3)5-7-11;1-8-4-6-10(7-5-8)13(11,12)9(2)3;1-8(2)13(11,12)10-6-4-9(3)5-7-10;1-7(2)14(11,12)8-3-5-13(9,10)6-4-8;2*1-7(2)12(9,10)8-3-5-11-6-4-8;1-7(2)11(9,10)8-5-3-4-6-8/h4-8H2,1-3H3;8H,4-7H2,1-3H3;4-8H2,1-3H3;4-7H2,1-3H3;8H,4-7H2,1-3H3;4-7H2,1-3H3;3-6H2,1-2H3;2*3-6H2,1-2H3;3-6H2,1-2H3. The summed E-state index contributed by atoms with van der Waals surface area (Å²) in [7, 11) is 15.1. The molecular weight excluding hydrogens is 1820 g/mol. The van der Waals surface area contributed by atoms with Crippen molar-refractivity contribution in [3.05, 3.63) is 0 Å². The smallest absolute Gasteiger partial charge is 0.319 e. The van der Waals surface area contributed by atoms with Crippen LogP contribution < -0.4 is 0 Å². The molecule has 53 heteroatoms. The highest BCUT2D eigenvalue weighted by Gasteiger charge is 2.35. The van der Waals surface area contributed by atoms with Gasteiger partial charge in [0, 0.05) is 323 Å². The lowest BCUT2D eigenvalue weighted by Crippen LogP contribution is -2.50. The van der Waals surface area contributed by atoms with Crippen molar-refractivity contribution in [2.24, 2.45) is 11.8 Å². The largest absolute Gasteiger partial charge is 0.379 e. The SMILES string of the molecule is CC1CCN(C(=O)N(C)C)CC1.CC1CCN(S(=O)(=O)N(C)C)CC1.CN(C)S(=O)(=O)N1CCCC1.CN(C)S(=O)(=O)N1CCOCC1.CN(C)S(=O)(=O)N1CCS(=O)(=O)CC1.CN(C)S(=O)(=O)N1CCSCC1.CN1CCCN(C(=O)N(C)C)CC1.CN1CCCN(S(=O)(=O)N(C)C)CC1.CN1CCN(C(=O)N(C)C)CC1.CN1CCN(S(=O)(=O)N(C)C)CC1. The maximum Gasteiger partial charge on any atom is 0.319 e. The van der Waals surface area contributed by atoms with Gasteiger partial charge >= 0.3 is 18.1 Å². The fourth-order valence-electron chi connectivity index (χ4n) is 12.8. The van der Waals surface area contributed by atoms with E-state index in [1.165, 1.54) is 75.5 Å². The summed E-state index contributed by atoms with van der Waals surface area (Å²) >= 11 is 1.80. The van der Waals surface area contributed by atoms with Crippen molar-refractivity contribution in [2.75, 3.05) is 389 Å². The number of piperidine rings is 2. The third kappa shape index (κ3) is 42.7. The van der Waals surface area contributed by atoms with Crippen LogP contribution in [-0.4, -0.2) is 583 Å². The minimum absolute atomic E-state index is 0.0584. The van der Waals surface area contributed by atoms with Crippen molar-refractivity contribution >= 4 is 111 Å². The second-order valence-electron chi connectivity index (χ2n) is 34.2. The molecule has 750 valence electrons. The Morgan fingerprint density at radius 3 is 0.802 bits per heavy atom. The Kier molecular flexibility index (Phi) is 55.4. The van der Waals surface area contributed by atoms with Crippen molar-refractivity contribution < 1.29 is 86.5 Å². The first-order chi connectivity index (χ1) is 58.1. The monoisotopic (exact) mass is 1990 g/mol. The number of carbonyl (C=O) groups excluding carboxylic acids is 3. The number of hydrogen-bond donors (Lipinski definition) is 0. The van der Waals surface area contributed by atoms with E-state index >= 15 is 0 Å². The van der Waals surface area contributed by atoms with Crippen molar-refractivity contribution in [2.45, 2.75) is 65.2 Å². The molecule has 0 unspecified atom stereocenters. The molecule has 0 aromatic carbocycles. The zero-order chi connectivity index (χ0) is 96.9. The first-order valence-electron chi connectivity index (χ1n) is 42.8. The van der Waals surface area contributed by atoms with Gasteiger partial charge in [0.2, 0.25) is 0 Å². The third-order valence-corrected chi connectivity index (χ3v) is 37.8. The number of ether oxygens (including phenoxy) is 1. The Morgan fingerprint density at radius 2 is 0.492 bits per heavy atom. The van der Waals surface area contributed by atoms with Gasteiger partial charge in [-0.15, -0.1) is 0 Å². The van der Waals surface area contributed by atoms with Crippen LogP contribution in [0.25, 0.3) is 0 Å². The fourth-order valence-corrected chi connectivity index (χ4v) is 23.2. The van der Waals surface area contributed by atoms with E-state index in [9.17, 15) is 81.7 Å². The van der Waals surface area contributed by atoms with Gasteiger partial charge in [-0.25, -0.2) is 22.8 Å². The van der Waals surface area contributed by atoms with Crippen LogP contribution in [0.15, 0.2) is 0 Å². The molecule has 0 spiro atoms. The number of likely N-dealkylation sites (tertiary alicyclic amines) is 1. The van der Waals surface area contributed by atoms with E-state index in [-0.39, 0.29) is 42.7 Å². The Morgan fingerprint density at radius 1 is 0.270 bits per heavy atom. The molecule has 0 aromatic rings. The molecule has 10 aliphatic heterocycles. The van der Waals surface area contributed by atoms with Gasteiger partial charge in [-0.1, -0.05) is 13.8 Å². The first-order valence-corrected chi connectivity index (χ1v) is 55.5. The Balaban J connectivity index is 0.000000700. The van der Waals surface area contributed by atoms with Gasteiger partial charge < -0.3 is 53.7 Å². The molecule has 0 saturated carbocycles. The Bertz CT molecular complexity index is 3920. The van der Waals surface area contributed by atoms with Crippen LogP contribution in [0.1, 0.15) is 65.2 Å². The summed E-state index contributed by atoms with van der Waals surface area (Å²) in [5, 5.41) is 0. The molecule has 0 atom stereocenters. The molecule has 6 amide bonds. The molecule has 0 aromatic heterocycles. The van der Waals surface area contributed by atoms with E-state index in [1.807, 2.05) is 28.8 Å². The molecule has 10 aliphatic rings. The van der Waals surface area contributed by atoms with Gasteiger partial charge in [-0.3, -0.25) is 0 Å². The van der Waals surface area contributed by atoms with Crippen LogP contribution in [0.2, 0.25) is 0 Å². The van der Waals surface area contributed by atoms with Crippen LogP contribution in [0.3, 0.4) is 0 Å². The van der Waals surface area contributed by atoms with E-state index in [1.54, 1.807) is 148 Å². The predicted molar refractivity (Wildman–Crippen MR) is 503 cm³/mol. The number of likely N-dealkylation sites (N-methyl/N-ethyl adjacent to an activating group) is 4. The summed E-state index contributed by atoms with van der Waals surface area (Å²) in [6, 6.07) is 0.417. The number of amides is 6. The summed E-state index contributed by atoms with van der Waals surface area (Å²) in [6.45, 7) is 25.6. The van der Waals surface area contributed by atoms with Crippen LogP contribution in [0.4, 0.5) is 14.4 Å². The van der Waals surface area contributed by atoms with Crippen LogP contribution in [0, 0.1) is 11.8 Å². The summed E-state index contributed by atoms with van der Waals surface area (Å²) < 4.78 is 208. The average Bonchev–Trinajstić information content (AvgIpc) is 1.02. The van der Waals surface area contributed by atoms with E-state index in [4.69, 9.17) is 4.74 Å².